The van der Waals surface area contributed by atoms with Crippen molar-refractivity contribution in [1.29, 1.82) is 0 Å². The number of rotatable bonds is 5. The van der Waals surface area contributed by atoms with Crippen LogP contribution in [0.2, 0.25) is 0 Å². The highest BCUT2D eigenvalue weighted by Crippen LogP contribution is 2.28. The van der Waals surface area contributed by atoms with Gasteiger partial charge in [0.05, 0.1) is 0 Å². The van der Waals surface area contributed by atoms with Crippen LogP contribution in [0.5, 0.6) is 5.75 Å². The normalized spacial score (nSPS) is 15.7. The number of phenols is 1. The molecule has 1 N–H and O–H groups in total. The molecule has 4 nitrogen and oxygen atoms in total. The van der Waals surface area contributed by atoms with E-state index in [2.05, 4.69) is 51.3 Å². The Morgan fingerprint density at radius 1 is 0.926 bits per heavy atom. The van der Waals surface area contributed by atoms with Gasteiger partial charge in [0.25, 0.3) is 0 Å². The molecule has 0 saturated carbocycles. The lowest BCUT2D eigenvalue weighted by Crippen LogP contribution is -2.33. The number of piperidine rings is 1. The highest BCUT2D eigenvalue weighted by Gasteiger charge is 2.20. The Kier molecular flexibility index (Phi) is 5.45. The molecule has 1 saturated heterocycles. The molecule has 4 rings (SSSR count). The SMILES string of the molecule is Oc1ccc(-c2cncnc2)cc1CN1CCC(Cc2ccccc2)CC1. The number of phenolic OH excluding ortho intramolecular Hbond substituents is 1. The van der Waals surface area contributed by atoms with Gasteiger partial charge in [-0.05, 0) is 61.5 Å². The van der Waals surface area contributed by atoms with Gasteiger partial charge in [-0.2, -0.15) is 0 Å². The summed E-state index contributed by atoms with van der Waals surface area (Å²) in [6.45, 7) is 2.94. The van der Waals surface area contributed by atoms with Gasteiger partial charge in [0.2, 0.25) is 0 Å². The summed E-state index contributed by atoms with van der Waals surface area (Å²) in [4.78, 5) is 10.6. The first-order valence-corrected chi connectivity index (χ1v) is 9.61. The van der Waals surface area contributed by atoms with Crippen molar-refractivity contribution in [1.82, 2.24) is 14.9 Å². The van der Waals surface area contributed by atoms with Crippen LogP contribution < -0.4 is 0 Å². The average molecular weight is 359 g/mol. The van der Waals surface area contributed by atoms with E-state index in [0.717, 1.165) is 42.2 Å². The molecule has 0 unspecified atom stereocenters. The number of aromatic hydroxyl groups is 1. The fourth-order valence-electron chi connectivity index (χ4n) is 3.88. The number of aromatic nitrogens is 2. The maximum atomic E-state index is 10.3. The van der Waals surface area contributed by atoms with Crippen molar-refractivity contribution in [3.05, 3.63) is 78.4 Å². The van der Waals surface area contributed by atoms with Crippen LogP contribution in [-0.4, -0.2) is 33.1 Å². The standard InChI is InChI=1S/C23H25N3O/c27-23-7-6-20(22-14-24-17-25-15-22)13-21(23)16-26-10-8-19(9-11-26)12-18-4-2-1-3-5-18/h1-7,13-15,17,19,27H,8-12,16H2. The molecular weight excluding hydrogens is 334 g/mol. The summed E-state index contributed by atoms with van der Waals surface area (Å²) in [7, 11) is 0. The van der Waals surface area contributed by atoms with Gasteiger partial charge in [0.15, 0.2) is 0 Å². The maximum absolute atomic E-state index is 10.3. The number of hydrogen-bond acceptors (Lipinski definition) is 4. The molecule has 2 heterocycles. The number of benzene rings is 2. The van der Waals surface area contributed by atoms with E-state index in [-0.39, 0.29) is 0 Å². The van der Waals surface area contributed by atoms with Crippen LogP contribution in [0.3, 0.4) is 0 Å². The number of hydrogen-bond donors (Lipinski definition) is 1. The molecule has 27 heavy (non-hydrogen) atoms. The van der Waals surface area contributed by atoms with E-state index in [1.165, 1.54) is 31.2 Å². The van der Waals surface area contributed by atoms with Crippen LogP contribution in [-0.2, 0) is 13.0 Å². The molecule has 1 aliphatic rings. The second-order valence-corrected chi connectivity index (χ2v) is 7.38. The minimum atomic E-state index is 0.363. The third kappa shape index (κ3) is 4.52. The van der Waals surface area contributed by atoms with Crippen molar-refractivity contribution in [3.8, 4) is 16.9 Å². The molecular formula is C23H25N3O. The lowest BCUT2D eigenvalue weighted by molar-refractivity contribution is 0.175. The molecule has 0 aliphatic carbocycles. The van der Waals surface area contributed by atoms with Crippen molar-refractivity contribution in [2.24, 2.45) is 5.92 Å². The van der Waals surface area contributed by atoms with E-state index in [4.69, 9.17) is 0 Å². The Balaban J connectivity index is 1.37. The first-order valence-electron chi connectivity index (χ1n) is 9.61. The lowest BCUT2D eigenvalue weighted by Gasteiger charge is -2.32. The molecule has 0 spiro atoms. The van der Waals surface area contributed by atoms with Gasteiger partial charge in [-0.1, -0.05) is 36.4 Å². The summed E-state index contributed by atoms with van der Waals surface area (Å²) >= 11 is 0. The molecule has 0 radical (unpaired) electrons. The highest BCUT2D eigenvalue weighted by atomic mass is 16.3. The monoisotopic (exact) mass is 359 g/mol. The average Bonchev–Trinajstić information content (AvgIpc) is 2.72. The van der Waals surface area contributed by atoms with Gasteiger partial charge in [0.1, 0.15) is 12.1 Å². The second-order valence-electron chi connectivity index (χ2n) is 7.38. The third-order valence-electron chi connectivity index (χ3n) is 5.44. The Morgan fingerprint density at radius 3 is 2.41 bits per heavy atom. The first kappa shape index (κ1) is 17.7. The van der Waals surface area contributed by atoms with Gasteiger partial charge in [-0.25, -0.2) is 9.97 Å². The quantitative estimate of drug-likeness (QED) is 0.738. The van der Waals surface area contributed by atoms with Crippen molar-refractivity contribution < 1.29 is 5.11 Å². The van der Waals surface area contributed by atoms with Crippen LogP contribution in [0.1, 0.15) is 24.0 Å². The summed E-state index contributed by atoms with van der Waals surface area (Å²) in [5.74, 6) is 1.12. The zero-order valence-electron chi connectivity index (χ0n) is 15.5. The summed E-state index contributed by atoms with van der Waals surface area (Å²) in [6.07, 6.45) is 8.73. The van der Waals surface area contributed by atoms with Gasteiger partial charge in [0, 0.05) is 30.1 Å². The smallest absolute Gasteiger partial charge is 0.120 e. The fourth-order valence-corrected chi connectivity index (χ4v) is 3.88. The highest BCUT2D eigenvalue weighted by molar-refractivity contribution is 5.63. The van der Waals surface area contributed by atoms with Gasteiger partial charge in [-0.15, -0.1) is 0 Å². The molecule has 1 aromatic heterocycles. The minimum absolute atomic E-state index is 0.363. The van der Waals surface area contributed by atoms with Crippen LogP contribution >= 0.6 is 0 Å². The van der Waals surface area contributed by atoms with Gasteiger partial charge >= 0.3 is 0 Å². The molecule has 138 valence electrons. The van der Waals surface area contributed by atoms with Crippen LogP contribution in [0.15, 0.2) is 67.3 Å². The summed E-state index contributed by atoms with van der Waals surface area (Å²) < 4.78 is 0. The summed E-state index contributed by atoms with van der Waals surface area (Å²) in [5.41, 5.74) is 4.42. The van der Waals surface area contributed by atoms with E-state index < -0.39 is 0 Å². The molecule has 4 heteroatoms. The molecule has 0 bridgehead atoms. The van der Waals surface area contributed by atoms with Crippen LogP contribution in [0.4, 0.5) is 0 Å². The molecule has 2 aromatic carbocycles. The lowest BCUT2D eigenvalue weighted by atomic mass is 9.90. The number of likely N-dealkylation sites (tertiary alicyclic amines) is 1. The largest absolute Gasteiger partial charge is 0.508 e. The van der Waals surface area contributed by atoms with Crippen molar-refractivity contribution in [2.45, 2.75) is 25.8 Å². The van der Waals surface area contributed by atoms with E-state index in [1.807, 2.05) is 6.07 Å². The predicted molar refractivity (Wildman–Crippen MR) is 107 cm³/mol. The maximum Gasteiger partial charge on any atom is 0.120 e. The first-order chi connectivity index (χ1) is 13.3. The number of nitrogens with zero attached hydrogens (tertiary/aromatic N) is 3. The molecule has 0 amide bonds. The minimum Gasteiger partial charge on any atom is -0.508 e. The fraction of sp³-hybridized carbons (Fsp3) is 0.304. The van der Waals surface area contributed by atoms with Gasteiger partial charge < -0.3 is 5.11 Å². The summed E-state index contributed by atoms with van der Waals surface area (Å²) in [6, 6.07) is 16.5. The molecule has 0 atom stereocenters. The van der Waals surface area contributed by atoms with Crippen molar-refractivity contribution in [3.63, 3.8) is 0 Å². The third-order valence-corrected chi connectivity index (χ3v) is 5.44. The Hall–Kier alpha value is -2.72. The van der Waals surface area contributed by atoms with Crippen LogP contribution in [0.25, 0.3) is 11.1 Å². The van der Waals surface area contributed by atoms with E-state index in [1.54, 1.807) is 18.5 Å². The van der Waals surface area contributed by atoms with Crippen LogP contribution in [0, 0.1) is 5.92 Å². The van der Waals surface area contributed by atoms with Gasteiger partial charge in [-0.3, -0.25) is 4.90 Å². The molecule has 1 aliphatic heterocycles. The Morgan fingerprint density at radius 2 is 1.67 bits per heavy atom. The second kappa shape index (κ2) is 8.31. The molecule has 3 aromatic rings. The van der Waals surface area contributed by atoms with Crippen molar-refractivity contribution in [2.75, 3.05) is 13.1 Å². The van der Waals surface area contributed by atoms with E-state index in [0.29, 0.717) is 5.75 Å². The molecule has 1 fully saturated rings. The Bertz CT molecular complexity index is 859. The Labute approximate surface area is 160 Å². The summed E-state index contributed by atoms with van der Waals surface area (Å²) in [5, 5.41) is 10.3. The van der Waals surface area contributed by atoms with E-state index in [9.17, 15) is 5.11 Å². The zero-order chi connectivity index (χ0) is 18.5. The topological polar surface area (TPSA) is 49.3 Å². The van der Waals surface area contributed by atoms with Crippen molar-refractivity contribution >= 4 is 0 Å². The predicted octanol–water partition coefficient (Wildman–Crippen LogP) is 4.30. The van der Waals surface area contributed by atoms with E-state index >= 15 is 0 Å². The zero-order valence-corrected chi connectivity index (χ0v) is 15.5.